The molecule has 1 N–H and O–H groups in total. The lowest BCUT2D eigenvalue weighted by molar-refractivity contribution is -0.0166. The topological polar surface area (TPSA) is 98.3 Å². The zero-order valence-electron chi connectivity index (χ0n) is 11.6. The minimum atomic E-state index is -4.08. The van der Waals surface area contributed by atoms with E-state index in [9.17, 15) is 13.2 Å². The molecule has 1 aromatic heterocycles. The molecule has 0 radical (unpaired) electrons. The number of rotatable bonds is 5. The first kappa shape index (κ1) is 16.3. The van der Waals surface area contributed by atoms with Gasteiger partial charge in [-0.05, 0) is 6.42 Å². The molecule has 0 amide bonds. The van der Waals surface area contributed by atoms with Gasteiger partial charge in [0.1, 0.15) is 11.0 Å². The molecule has 1 aliphatic rings. The minimum Gasteiger partial charge on any atom is -0.457 e. The first-order chi connectivity index (χ1) is 9.93. The molecule has 7 nitrogen and oxygen atoms in total. The molecule has 2 rings (SSSR count). The summed E-state index contributed by atoms with van der Waals surface area (Å²) in [6.45, 7) is 2.91. The Balaban J connectivity index is 2.24. The Morgan fingerprint density at radius 3 is 2.71 bits per heavy atom. The molecule has 0 bridgehead atoms. The van der Waals surface area contributed by atoms with Gasteiger partial charge in [-0.25, -0.2) is 13.2 Å². The summed E-state index contributed by atoms with van der Waals surface area (Å²) in [7, 11) is 1.34. The average Bonchev–Trinajstić information content (AvgIpc) is 2.84. The first-order valence-electron chi connectivity index (χ1n) is 6.74. The second-order valence-electron chi connectivity index (χ2n) is 4.78. The Morgan fingerprint density at radius 2 is 2.14 bits per heavy atom. The number of esters is 1. The van der Waals surface area contributed by atoms with Gasteiger partial charge in [-0.3, -0.25) is 5.10 Å². The fraction of sp³-hybridized carbons (Fsp3) is 0.667. The summed E-state index contributed by atoms with van der Waals surface area (Å²) in [5.41, 5.74) is 0.0476. The number of H-pyrrole nitrogens is 1. The van der Waals surface area contributed by atoms with Gasteiger partial charge in [0.15, 0.2) is 5.69 Å². The van der Waals surface area contributed by atoms with Gasteiger partial charge in [-0.15, -0.1) is 0 Å². The van der Waals surface area contributed by atoms with E-state index in [1.807, 2.05) is 6.92 Å². The Bertz CT molecular complexity index is 607. The zero-order chi connectivity index (χ0) is 15.5. The van der Waals surface area contributed by atoms with Gasteiger partial charge in [0.05, 0.1) is 18.9 Å². The van der Waals surface area contributed by atoms with E-state index in [1.54, 1.807) is 0 Å². The number of aromatic amines is 1. The molecule has 0 aromatic carbocycles. The van der Waals surface area contributed by atoms with Gasteiger partial charge < -0.3 is 9.47 Å². The Morgan fingerprint density at radius 1 is 1.48 bits per heavy atom. The number of nitrogens with zero attached hydrogens (tertiary/aromatic N) is 1. The van der Waals surface area contributed by atoms with Crippen LogP contribution in [0, 0.1) is 0 Å². The van der Waals surface area contributed by atoms with Gasteiger partial charge in [-0.2, -0.15) is 5.10 Å². The molecule has 0 atom stereocenters. The quantitative estimate of drug-likeness (QED) is 0.648. The predicted molar refractivity (Wildman–Crippen MR) is 74.9 cm³/mol. The highest BCUT2D eigenvalue weighted by Crippen LogP contribution is 2.25. The van der Waals surface area contributed by atoms with Crippen molar-refractivity contribution < 1.29 is 22.7 Å². The number of hydrogen-bond acceptors (Lipinski definition) is 6. The van der Waals surface area contributed by atoms with Crippen molar-refractivity contribution in [2.45, 2.75) is 43.6 Å². The van der Waals surface area contributed by atoms with E-state index in [0.717, 1.165) is 0 Å². The highest BCUT2D eigenvalue weighted by molar-refractivity contribution is 8.13. The Kier molecular flexibility index (Phi) is 5.23. The number of ether oxygens (including phenoxy) is 2. The molecule has 118 valence electrons. The van der Waals surface area contributed by atoms with Crippen molar-refractivity contribution in [1.82, 2.24) is 10.2 Å². The summed E-state index contributed by atoms with van der Waals surface area (Å²) in [6, 6.07) is 0. The number of aryl methyl sites for hydroxylation is 1. The van der Waals surface area contributed by atoms with Gasteiger partial charge in [0.2, 0.25) is 0 Å². The lowest BCUT2D eigenvalue weighted by Gasteiger charge is -2.21. The highest BCUT2D eigenvalue weighted by atomic mass is 35.7. The molecular weight excluding hydrogens is 320 g/mol. The van der Waals surface area contributed by atoms with Crippen molar-refractivity contribution in [2.24, 2.45) is 0 Å². The molecule has 1 saturated heterocycles. The monoisotopic (exact) mass is 336 g/mol. The smallest absolute Gasteiger partial charge is 0.360 e. The van der Waals surface area contributed by atoms with Crippen LogP contribution >= 0.6 is 10.7 Å². The Hall–Kier alpha value is -1.12. The van der Waals surface area contributed by atoms with Crippen molar-refractivity contribution in [1.29, 1.82) is 0 Å². The van der Waals surface area contributed by atoms with Gasteiger partial charge in [0, 0.05) is 23.5 Å². The maximum absolute atomic E-state index is 12.1. The van der Waals surface area contributed by atoms with Crippen LogP contribution in [0.1, 0.15) is 42.4 Å². The summed E-state index contributed by atoms with van der Waals surface area (Å²) in [5.74, 6) is -0.778. The summed E-state index contributed by atoms with van der Waals surface area (Å²) in [5, 5.41) is 6.33. The third-order valence-corrected chi connectivity index (χ3v) is 4.56. The number of carbonyl (C=O) groups is 1. The largest absolute Gasteiger partial charge is 0.457 e. The SMILES string of the molecule is CCCc1[nH]nc(C(=O)OC2CCOCC2)c1S(=O)(=O)Cl. The first-order valence-corrected chi connectivity index (χ1v) is 9.05. The van der Waals surface area contributed by atoms with E-state index in [-0.39, 0.29) is 16.7 Å². The summed E-state index contributed by atoms with van der Waals surface area (Å²) in [4.78, 5) is 11.9. The van der Waals surface area contributed by atoms with Crippen LogP contribution in [0.25, 0.3) is 0 Å². The molecule has 9 heteroatoms. The van der Waals surface area contributed by atoms with Crippen LogP contribution < -0.4 is 0 Å². The lowest BCUT2D eigenvalue weighted by atomic mass is 10.1. The van der Waals surface area contributed by atoms with Gasteiger partial charge in [0.25, 0.3) is 9.05 Å². The molecule has 1 aliphatic heterocycles. The zero-order valence-corrected chi connectivity index (χ0v) is 13.2. The predicted octanol–water partition coefficient (Wildman–Crippen LogP) is 1.63. The van der Waals surface area contributed by atoms with E-state index in [1.165, 1.54) is 0 Å². The van der Waals surface area contributed by atoms with Crippen LogP contribution in [-0.2, 0) is 24.9 Å². The third-order valence-electron chi connectivity index (χ3n) is 3.17. The molecule has 0 spiro atoms. The number of halogens is 1. The van der Waals surface area contributed by atoms with Crippen LogP contribution in [0.15, 0.2) is 4.90 Å². The van der Waals surface area contributed by atoms with Crippen LogP contribution in [0.3, 0.4) is 0 Å². The number of carbonyl (C=O) groups excluding carboxylic acids is 1. The summed E-state index contributed by atoms with van der Waals surface area (Å²) in [6.07, 6.45) is 2.00. The van der Waals surface area contributed by atoms with Gasteiger partial charge in [-0.1, -0.05) is 13.3 Å². The van der Waals surface area contributed by atoms with E-state index in [4.69, 9.17) is 20.2 Å². The fourth-order valence-electron chi connectivity index (χ4n) is 2.19. The number of aromatic nitrogens is 2. The molecule has 21 heavy (non-hydrogen) atoms. The normalized spacial score (nSPS) is 16.9. The second kappa shape index (κ2) is 6.76. The molecule has 1 fully saturated rings. The maximum Gasteiger partial charge on any atom is 0.360 e. The lowest BCUT2D eigenvalue weighted by Crippen LogP contribution is -2.26. The van der Waals surface area contributed by atoms with Gasteiger partial charge >= 0.3 is 5.97 Å². The van der Waals surface area contributed by atoms with Crippen LogP contribution in [-0.4, -0.2) is 43.9 Å². The summed E-state index contributed by atoms with van der Waals surface area (Å²) < 4.78 is 33.8. The van der Waals surface area contributed by atoms with Crippen LogP contribution in [0.4, 0.5) is 0 Å². The third kappa shape index (κ3) is 3.96. The average molecular weight is 337 g/mol. The molecule has 0 saturated carbocycles. The molecule has 1 aromatic rings. The van der Waals surface area contributed by atoms with Crippen LogP contribution in [0.5, 0.6) is 0 Å². The van der Waals surface area contributed by atoms with Crippen molar-refractivity contribution in [3.63, 3.8) is 0 Å². The fourth-order valence-corrected chi connectivity index (χ4v) is 3.49. The Labute approximate surface area is 127 Å². The number of nitrogens with one attached hydrogen (secondary N) is 1. The molecule has 0 aliphatic carbocycles. The van der Waals surface area contributed by atoms with Crippen molar-refractivity contribution >= 4 is 25.7 Å². The molecule has 0 unspecified atom stereocenters. The molecule has 2 heterocycles. The van der Waals surface area contributed by atoms with Crippen molar-refractivity contribution in [3.05, 3.63) is 11.4 Å². The van der Waals surface area contributed by atoms with Crippen molar-refractivity contribution in [2.75, 3.05) is 13.2 Å². The van der Waals surface area contributed by atoms with Crippen molar-refractivity contribution in [3.8, 4) is 0 Å². The minimum absolute atomic E-state index is 0.275. The second-order valence-corrected chi connectivity index (χ2v) is 7.29. The van der Waals surface area contributed by atoms with Crippen LogP contribution in [0.2, 0.25) is 0 Å². The van der Waals surface area contributed by atoms with E-state index < -0.39 is 15.0 Å². The highest BCUT2D eigenvalue weighted by Gasteiger charge is 2.30. The van der Waals surface area contributed by atoms with E-state index in [2.05, 4.69) is 10.2 Å². The maximum atomic E-state index is 12.1. The van der Waals surface area contributed by atoms with E-state index in [0.29, 0.717) is 44.6 Å². The summed E-state index contributed by atoms with van der Waals surface area (Å²) >= 11 is 0. The number of hydrogen-bond donors (Lipinski definition) is 1. The molecular formula is C12H17ClN2O5S. The van der Waals surface area contributed by atoms with E-state index >= 15 is 0 Å². The standard InChI is InChI=1S/C12H17ClN2O5S/c1-2-3-9-11(21(13,17)18)10(15-14-9)12(16)20-8-4-6-19-7-5-8/h8H,2-7H2,1H3,(H,14,15).